The van der Waals surface area contributed by atoms with Crippen LogP contribution in [0.4, 0.5) is 0 Å². The highest BCUT2D eigenvalue weighted by Crippen LogP contribution is 2.22. The Morgan fingerprint density at radius 3 is 2.86 bits per heavy atom. The third-order valence-corrected chi connectivity index (χ3v) is 2.39. The molecule has 1 aliphatic heterocycles. The van der Waals surface area contributed by atoms with E-state index in [9.17, 15) is 0 Å². The first-order valence-corrected chi connectivity index (χ1v) is 4.61. The summed E-state index contributed by atoms with van der Waals surface area (Å²) in [5.74, 6) is 0. The van der Waals surface area contributed by atoms with Crippen molar-refractivity contribution in [1.29, 1.82) is 5.26 Å². The summed E-state index contributed by atoms with van der Waals surface area (Å²) in [6.07, 6.45) is 1.71. The molecule has 2 rings (SSSR count). The third-order valence-electron chi connectivity index (χ3n) is 2.39. The van der Waals surface area contributed by atoms with E-state index in [1.54, 1.807) is 6.20 Å². The molecule has 1 atom stereocenters. The molecule has 0 bridgehead atoms. The summed E-state index contributed by atoms with van der Waals surface area (Å²) in [4.78, 5) is 6.21. The molecule has 72 valence electrons. The number of pyridine rings is 1. The molecule has 0 spiro atoms. The summed E-state index contributed by atoms with van der Waals surface area (Å²) in [6.45, 7) is 1.57. The lowest BCUT2D eigenvalue weighted by atomic mass is 10.0. The predicted molar refractivity (Wildman–Crippen MR) is 52.1 cm³/mol. The van der Waals surface area contributed by atoms with Crippen molar-refractivity contribution in [2.45, 2.75) is 12.1 Å². The number of likely N-dealkylation sites (tertiary alicyclic amines) is 1. The molecule has 4 nitrogen and oxygen atoms in total. The molecule has 2 heterocycles. The molecule has 0 amide bonds. The number of aromatic nitrogens is 1. The van der Waals surface area contributed by atoms with Crippen molar-refractivity contribution >= 4 is 0 Å². The highest BCUT2D eigenvalue weighted by atomic mass is 15.2. The van der Waals surface area contributed by atoms with Gasteiger partial charge < -0.3 is 5.73 Å². The second kappa shape index (κ2) is 3.74. The van der Waals surface area contributed by atoms with E-state index in [0.717, 1.165) is 18.8 Å². The average Bonchev–Trinajstić information content (AvgIpc) is 2.18. The third kappa shape index (κ3) is 1.60. The van der Waals surface area contributed by atoms with Crippen molar-refractivity contribution in [2.24, 2.45) is 5.73 Å². The molecule has 1 aliphatic rings. The molecule has 0 unspecified atom stereocenters. The Bertz CT molecular complexity index is 337. The van der Waals surface area contributed by atoms with Gasteiger partial charge in [-0.05, 0) is 12.1 Å². The molecule has 1 saturated heterocycles. The van der Waals surface area contributed by atoms with Crippen molar-refractivity contribution in [3.8, 4) is 6.07 Å². The fourth-order valence-corrected chi connectivity index (χ4v) is 1.63. The molecule has 1 aromatic heterocycles. The Hall–Kier alpha value is -1.44. The van der Waals surface area contributed by atoms with Gasteiger partial charge in [-0.3, -0.25) is 9.88 Å². The number of nitrogens with two attached hydrogens (primary N) is 1. The number of hydrogen-bond acceptors (Lipinski definition) is 4. The van der Waals surface area contributed by atoms with Crippen molar-refractivity contribution in [2.75, 3.05) is 13.1 Å². The van der Waals surface area contributed by atoms with Gasteiger partial charge in [0.1, 0.15) is 6.04 Å². The summed E-state index contributed by atoms with van der Waals surface area (Å²) in [5.41, 5.74) is 6.48. The summed E-state index contributed by atoms with van der Waals surface area (Å²) >= 11 is 0. The van der Waals surface area contributed by atoms with Gasteiger partial charge >= 0.3 is 0 Å². The van der Waals surface area contributed by atoms with Gasteiger partial charge in [0.2, 0.25) is 0 Å². The van der Waals surface area contributed by atoms with Gasteiger partial charge in [-0.15, -0.1) is 0 Å². The lowest BCUT2D eigenvalue weighted by Gasteiger charge is -2.39. The van der Waals surface area contributed by atoms with Gasteiger partial charge in [0.15, 0.2) is 0 Å². The fraction of sp³-hybridized carbons (Fsp3) is 0.400. The summed E-state index contributed by atoms with van der Waals surface area (Å²) in [6, 6.07) is 7.84. The molecule has 0 aliphatic carbocycles. The minimum Gasteiger partial charge on any atom is -0.325 e. The van der Waals surface area contributed by atoms with Crippen molar-refractivity contribution in [3.63, 3.8) is 0 Å². The monoisotopic (exact) mass is 188 g/mol. The van der Waals surface area contributed by atoms with E-state index in [0.29, 0.717) is 0 Å². The molecule has 2 N–H and O–H groups in total. The molecule has 1 aromatic rings. The minimum absolute atomic E-state index is 0.217. The number of hydrogen-bond donors (Lipinski definition) is 1. The van der Waals surface area contributed by atoms with Gasteiger partial charge in [0.05, 0.1) is 11.8 Å². The molecular weight excluding hydrogens is 176 g/mol. The van der Waals surface area contributed by atoms with E-state index >= 15 is 0 Å². The highest BCUT2D eigenvalue weighted by Gasteiger charge is 2.31. The largest absolute Gasteiger partial charge is 0.325 e. The maximum atomic E-state index is 9.03. The number of nitriles is 1. The lowest BCUT2D eigenvalue weighted by molar-refractivity contribution is 0.119. The van der Waals surface area contributed by atoms with Crippen LogP contribution in [0.3, 0.4) is 0 Å². The smallest absolute Gasteiger partial charge is 0.141 e. The van der Waals surface area contributed by atoms with Crippen molar-refractivity contribution in [3.05, 3.63) is 30.1 Å². The van der Waals surface area contributed by atoms with Crippen LogP contribution in [-0.4, -0.2) is 29.0 Å². The zero-order chi connectivity index (χ0) is 9.97. The molecular formula is C10H12N4. The van der Waals surface area contributed by atoms with E-state index in [1.807, 2.05) is 23.1 Å². The van der Waals surface area contributed by atoms with Gasteiger partial charge in [-0.2, -0.15) is 5.26 Å². The van der Waals surface area contributed by atoms with Crippen LogP contribution < -0.4 is 5.73 Å². The topological polar surface area (TPSA) is 65.9 Å². The first-order valence-electron chi connectivity index (χ1n) is 4.61. The SMILES string of the molecule is N#C[C@H](c1ccccn1)N1CC(N)C1. The Kier molecular flexibility index (Phi) is 2.44. The van der Waals surface area contributed by atoms with Crippen LogP contribution in [0.2, 0.25) is 0 Å². The lowest BCUT2D eigenvalue weighted by Crippen LogP contribution is -2.56. The van der Waals surface area contributed by atoms with Crippen molar-refractivity contribution < 1.29 is 0 Å². The van der Waals surface area contributed by atoms with Crippen LogP contribution >= 0.6 is 0 Å². The van der Waals surface area contributed by atoms with E-state index in [-0.39, 0.29) is 12.1 Å². The Morgan fingerprint density at radius 1 is 1.57 bits per heavy atom. The zero-order valence-corrected chi connectivity index (χ0v) is 7.80. The summed E-state index contributed by atoms with van der Waals surface area (Å²) in [7, 11) is 0. The molecule has 0 saturated carbocycles. The van der Waals surface area contributed by atoms with Gasteiger partial charge in [-0.25, -0.2) is 0 Å². The number of rotatable bonds is 2. The fourth-order valence-electron chi connectivity index (χ4n) is 1.63. The number of nitrogens with zero attached hydrogens (tertiary/aromatic N) is 3. The molecule has 14 heavy (non-hydrogen) atoms. The van der Waals surface area contributed by atoms with E-state index in [4.69, 9.17) is 11.0 Å². The average molecular weight is 188 g/mol. The van der Waals surface area contributed by atoms with E-state index < -0.39 is 0 Å². The zero-order valence-electron chi connectivity index (χ0n) is 7.80. The van der Waals surface area contributed by atoms with Crippen LogP contribution in [0.1, 0.15) is 11.7 Å². The van der Waals surface area contributed by atoms with Gasteiger partial charge in [0, 0.05) is 25.3 Å². The molecule has 1 fully saturated rings. The van der Waals surface area contributed by atoms with Gasteiger partial charge in [-0.1, -0.05) is 6.07 Å². The second-order valence-corrected chi connectivity index (χ2v) is 3.50. The van der Waals surface area contributed by atoms with E-state index in [1.165, 1.54) is 0 Å². The summed E-state index contributed by atoms with van der Waals surface area (Å²) in [5, 5.41) is 9.03. The van der Waals surface area contributed by atoms with Crippen LogP contribution in [-0.2, 0) is 0 Å². The van der Waals surface area contributed by atoms with Crippen LogP contribution in [0.25, 0.3) is 0 Å². The Balaban J connectivity index is 2.12. The maximum absolute atomic E-state index is 9.03. The molecule has 4 heteroatoms. The maximum Gasteiger partial charge on any atom is 0.141 e. The van der Waals surface area contributed by atoms with Crippen LogP contribution in [0, 0.1) is 11.3 Å². The van der Waals surface area contributed by atoms with E-state index in [2.05, 4.69) is 11.1 Å². The Labute approximate surface area is 83.0 Å². The first-order chi connectivity index (χ1) is 6.81. The highest BCUT2D eigenvalue weighted by molar-refractivity contribution is 5.17. The molecule has 0 aromatic carbocycles. The van der Waals surface area contributed by atoms with Crippen LogP contribution in [0.15, 0.2) is 24.4 Å². The first kappa shape index (κ1) is 9.13. The standard InChI is InChI=1S/C10H12N4/c11-5-10(14-6-8(12)7-14)9-3-1-2-4-13-9/h1-4,8,10H,6-7,12H2/t10-/m1/s1. The quantitative estimate of drug-likeness (QED) is 0.724. The van der Waals surface area contributed by atoms with Crippen LogP contribution in [0.5, 0.6) is 0 Å². The Morgan fingerprint density at radius 2 is 2.36 bits per heavy atom. The minimum atomic E-state index is -0.240. The summed E-state index contributed by atoms with van der Waals surface area (Å²) < 4.78 is 0. The van der Waals surface area contributed by atoms with Gasteiger partial charge in [0.25, 0.3) is 0 Å². The second-order valence-electron chi connectivity index (χ2n) is 3.50. The molecule has 0 radical (unpaired) electrons. The normalized spacial score (nSPS) is 19.7. The predicted octanol–water partition coefficient (Wildman–Crippen LogP) is 0.289. The van der Waals surface area contributed by atoms with Crippen molar-refractivity contribution in [1.82, 2.24) is 9.88 Å².